The zero-order valence-corrected chi connectivity index (χ0v) is 10.9. The molecule has 1 heterocycles. The SMILES string of the molecule is CC(CBr)C1CS(=O)(=O)c2ccccc21. The van der Waals surface area contributed by atoms with Crippen molar-refractivity contribution >= 4 is 25.8 Å². The highest BCUT2D eigenvalue weighted by atomic mass is 79.9. The highest BCUT2D eigenvalue weighted by molar-refractivity contribution is 9.09. The fourth-order valence-electron chi connectivity index (χ4n) is 2.06. The second-order valence-electron chi connectivity index (χ2n) is 4.06. The van der Waals surface area contributed by atoms with Gasteiger partial charge in [-0.25, -0.2) is 8.42 Å². The van der Waals surface area contributed by atoms with E-state index in [0.29, 0.717) is 10.8 Å². The van der Waals surface area contributed by atoms with Gasteiger partial charge in [-0.15, -0.1) is 0 Å². The Hall–Kier alpha value is -0.350. The molecule has 0 aliphatic carbocycles. The van der Waals surface area contributed by atoms with E-state index in [1.165, 1.54) is 0 Å². The number of alkyl halides is 1. The monoisotopic (exact) mass is 288 g/mol. The van der Waals surface area contributed by atoms with Crippen LogP contribution in [-0.2, 0) is 9.84 Å². The molecule has 0 N–H and O–H groups in total. The summed E-state index contributed by atoms with van der Waals surface area (Å²) in [7, 11) is -3.03. The first kappa shape index (κ1) is 11.1. The Bertz CT molecular complexity index is 467. The smallest absolute Gasteiger partial charge is 0.179 e. The average molecular weight is 289 g/mol. The van der Waals surface area contributed by atoms with Crippen molar-refractivity contribution in [2.75, 3.05) is 11.1 Å². The highest BCUT2D eigenvalue weighted by Gasteiger charge is 2.36. The molecule has 15 heavy (non-hydrogen) atoms. The van der Waals surface area contributed by atoms with Crippen LogP contribution in [0.4, 0.5) is 0 Å². The lowest BCUT2D eigenvalue weighted by atomic mass is 9.90. The molecule has 0 fully saturated rings. The van der Waals surface area contributed by atoms with E-state index in [-0.39, 0.29) is 11.7 Å². The number of sulfone groups is 1. The molecule has 0 saturated carbocycles. The topological polar surface area (TPSA) is 34.1 Å². The largest absolute Gasteiger partial charge is 0.224 e. The van der Waals surface area contributed by atoms with Crippen molar-refractivity contribution in [3.05, 3.63) is 29.8 Å². The minimum atomic E-state index is -3.03. The van der Waals surface area contributed by atoms with Gasteiger partial charge in [0, 0.05) is 11.2 Å². The van der Waals surface area contributed by atoms with Crippen LogP contribution in [-0.4, -0.2) is 19.5 Å². The Labute approximate surface area is 98.7 Å². The molecule has 1 aliphatic rings. The van der Waals surface area contributed by atoms with E-state index in [0.717, 1.165) is 10.9 Å². The number of benzene rings is 1. The van der Waals surface area contributed by atoms with Gasteiger partial charge >= 0.3 is 0 Å². The van der Waals surface area contributed by atoms with E-state index >= 15 is 0 Å². The molecule has 2 unspecified atom stereocenters. The van der Waals surface area contributed by atoms with Crippen LogP contribution in [0, 0.1) is 5.92 Å². The van der Waals surface area contributed by atoms with Crippen molar-refractivity contribution in [2.24, 2.45) is 5.92 Å². The molecule has 0 amide bonds. The highest BCUT2D eigenvalue weighted by Crippen LogP contribution is 2.39. The third-order valence-corrected chi connectivity index (χ3v) is 5.84. The van der Waals surface area contributed by atoms with E-state index < -0.39 is 9.84 Å². The standard InChI is InChI=1S/C11H13BrO2S/c1-8(6-12)10-7-15(13,14)11-5-3-2-4-9(10)11/h2-5,8,10H,6-7H2,1H3. The van der Waals surface area contributed by atoms with Gasteiger partial charge in [0.2, 0.25) is 0 Å². The lowest BCUT2D eigenvalue weighted by Crippen LogP contribution is -2.13. The second kappa shape index (κ2) is 3.91. The molecule has 1 aliphatic heterocycles. The molecule has 0 saturated heterocycles. The summed E-state index contributed by atoms with van der Waals surface area (Å²) in [5.41, 5.74) is 0.990. The van der Waals surface area contributed by atoms with Gasteiger partial charge in [0.05, 0.1) is 10.6 Å². The van der Waals surface area contributed by atoms with Gasteiger partial charge in [-0.1, -0.05) is 41.1 Å². The number of halogens is 1. The van der Waals surface area contributed by atoms with Crippen molar-refractivity contribution in [1.82, 2.24) is 0 Å². The summed E-state index contributed by atoms with van der Waals surface area (Å²) in [6.45, 7) is 2.08. The fraction of sp³-hybridized carbons (Fsp3) is 0.455. The summed E-state index contributed by atoms with van der Waals surface area (Å²) in [6, 6.07) is 7.35. The third-order valence-electron chi connectivity index (χ3n) is 2.98. The van der Waals surface area contributed by atoms with Crippen LogP contribution in [0.5, 0.6) is 0 Å². The second-order valence-corrected chi connectivity index (χ2v) is 6.71. The van der Waals surface area contributed by atoms with E-state index in [1.54, 1.807) is 12.1 Å². The van der Waals surface area contributed by atoms with Gasteiger partial charge in [0.25, 0.3) is 0 Å². The molecule has 0 spiro atoms. The minimum absolute atomic E-state index is 0.144. The quantitative estimate of drug-likeness (QED) is 0.784. The van der Waals surface area contributed by atoms with Crippen molar-refractivity contribution < 1.29 is 8.42 Å². The first-order chi connectivity index (χ1) is 7.06. The van der Waals surface area contributed by atoms with E-state index in [4.69, 9.17) is 0 Å². The third kappa shape index (κ3) is 1.85. The molecule has 4 heteroatoms. The number of rotatable bonds is 2. The molecule has 2 atom stereocenters. The maximum atomic E-state index is 11.9. The maximum Gasteiger partial charge on any atom is 0.179 e. The van der Waals surface area contributed by atoms with E-state index in [1.807, 2.05) is 12.1 Å². The Morgan fingerprint density at radius 1 is 1.47 bits per heavy atom. The lowest BCUT2D eigenvalue weighted by molar-refractivity contribution is 0.545. The summed E-state index contributed by atoms with van der Waals surface area (Å²) in [5.74, 6) is 0.757. The normalized spacial score (nSPS) is 24.8. The van der Waals surface area contributed by atoms with Gasteiger partial charge in [-0.3, -0.25) is 0 Å². The molecule has 1 aromatic rings. The summed E-state index contributed by atoms with van der Waals surface area (Å²) in [6.07, 6.45) is 0. The van der Waals surface area contributed by atoms with Crippen LogP contribution in [0.25, 0.3) is 0 Å². The number of hydrogen-bond acceptors (Lipinski definition) is 2. The van der Waals surface area contributed by atoms with E-state index in [2.05, 4.69) is 22.9 Å². The predicted octanol–water partition coefficient (Wildman–Crippen LogP) is 2.59. The molecular weight excluding hydrogens is 276 g/mol. The number of fused-ring (bicyclic) bond motifs is 1. The minimum Gasteiger partial charge on any atom is -0.224 e. The number of hydrogen-bond donors (Lipinski definition) is 0. The first-order valence-corrected chi connectivity index (χ1v) is 7.71. The molecular formula is C11H13BrO2S. The summed E-state index contributed by atoms with van der Waals surface area (Å²) in [5, 5.41) is 0.835. The zero-order valence-electron chi connectivity index (χ0n) is 8.48. The predicted molar refractivity (Wildman–Crippen MR) is 64.2 cm³/mol. The molecule has 0 aromatic heterocycles. The van der Waals surface area contributed by atoms with Crippen molar-refractivity contribution in [3.63, 3.8) is 0 Å². The molecule has 1 aromatic carbocycles. The molecule has 0 bridgehead atoms. The Balaban J connectivity index is 2.52. The summed E-state index contributed by atoms with van der Waals surface area (Å²) < 4.78 is 23.7. The molecule has 82 valence electrons. The Kier molecular flexibility index (Phi) is 2.90. The van der Waals surface area contributed by atoms with Crippen LogP contribution < -0.4 is 0 Å². The molecule has 0 radical (unpaired) electrons. The lowest BCUT2D eigenvalue weighted by Gasteiger charge is -2.15. The van der Waals surface area contributed by atoms with Gasteiger partial charge < -0.3 is 0 Å². The summed E-state index contributed by atoms with van der Waals surface area (Å²) >= 11 is 3.42. The van der Waals surface area contributed by atoms with E-state index in [9.17, 15) is 8.42 Å². The first-order valence-electron chi connectivity index (χ1n) is 4.94. The van der Waals surface area contributed by atoms with Crippen LogP contribution in [0.1, 0.15) is 18.4 Å². The van der Waals surface area contributed by atoms with Crippen LogP contribution in [0.3, 0.4) is 0 Å². The van der Waals surface area contributed by atoms with Crippen molar-refractivity contribution in [2.45, 2.75) is 17.7 Å². The fourth-order valence-corrected chi connectivity index (χ4v) is 4.54. The Morgan fingerprint density at radius 2 is 2.13 bits per heavy atom. The van der Waals surface area contributed by atoms with Gasteiger partial charge in [-0.05, 0) is 17.5 Å². The zero-order chi connectivity index (χ0) is 11.1. The van der Waals surface area contributed by atoms with Crippen LogP contribution in [0.2, 0.25) is 0 Å². The van der Waals surface area contributed by atoms with Crippen LogP contribution in [0.15, 0.2) is 29.2 Å². The van der Waals surface area contributed by atoms with Gasteiger partial charge in [0.15, 0.2) is 9.84 Å². The average Bonchev–Trinajstić information content (AvgIpc) is 2.51. The summed E-state index contributed by atoms with van der Waals surface area (Å²) in [4.78, 5) is 0.530. The van der Waals surface area contributed by atoms with Crippen molar-refractivity contribution in [1.29, 1.82) is 0 Å². The molecule has 2 rings (SSSR count). The van der Waals surface area contributed by atoms with Gasteiger partial charge in [-0.2, -0.15) is 0 Å². The van der Waals surface area contributed by atoms with Crippen LogP contribution >= 0.6 is 15.9 Å². The maximum absolute atomic E-state index is 11.9. The Morgan fingerprint density at radius 3 is 2.80 bits per heavy atom. The van der Waals surface area contributed by atoms with Gasteiger partial charge in [0.1, 0.15) is 0 Å². The van der Waals surface area contributed by atoms with Crippen molar-refractivity contribution in [3.8, 4) is 0 Å². The molecule has 2 nitrogen and oxygen atoms in total.